The lowest BCUT2D eigenvalue weighted by molar-refractivity contribution is -0.852. The molecule has 0 heterocycles. The Kier molecular flexibility index (Phi) is 2.63. The number of quaternary nitrogens is 1. The van der Waals surface area contributed by atoms with Crippen molar-refractivity contribution < 1.29 is 4.65 Å². The van der Waals surface area contributed by atoms with Crippen molar-refractivity contribution in [3.63, 3.8) is 0 Å². The predicted molar refractivity (Wildman–Crippen MR) is 62.9 cm³/mol. The smallest absolute Gasteiger partial charge is 0.126 e. The van der Waals surface area contributed by atoms with Crippen molar-refractivity contribution in [3.05, 3.63) is 52.8 Å². The normalized spacial score (nSPS) is 21.8. The molecule has 0 radical (unpaired) electrons. The second kappa shape index (κ2) is 3.80. The standard InChI is InChI=1S/C13H17NO/c1-14(2,15)13-9-7-11-5-3-4-6-12(11)8-10-13/h5-10,13H,3-4H2,1-2H3. The van der Waals surface area contributed by atoms with Gasteiger partial charge in [0.15, 0.2) is 0 Å². The zero-order valence-electron chi connectivity index (χ0n) is 9.31. The maximum absolute atomic E-state index is 11.8. The second-order valence-electron chi connectivity index (χ2n) is 4.54. The van der Waals surface area contributed by atoms with Gasteiger partial charge in [-0.05, 0) is 36.1 Å². The maximum Gasteiger partial charge on any atom is 0.126 e. The number of rotatable bonds is 1. The fraction of sp³-hybridized carbons (Fsp3) is 0.385. The van der Waals surface area contributed by atoms with Crippen LogP contribution in [0, 0.1) is 5.21 Å². The number of likely N-dealkylation sites (N-methyl/N-ethyl adjacent to an activating group) is 1. The summed E-state index contributed by atoms with van der Waals surface area (Å²) in [6.07, 6.45) is 14.9. The third kappa shape index (κ3) is 2.28. The summed E-state index contributed by atoms with van der Waals surface area (Å²) in [4.78, 5) is 0. The monoisotopic (exact) mass is 203 g/mol. The highest BCUT2D eigenvalue weighted by Crippen LogP contribution is 2.25. The molecule has 0 amide bonds. The fourth-order valence-electron chi connectivity index (χ4n) is 1.93. The van der Waals surface area contributed by atoms with Gasteiger partial charge in [-0.3, -0.25) is 0 Å². The summed E-state index contributed by atoms with van der Waals surface area (Å²) < 4.78 is -0.298. The summed E-state index contributed by atoms with van der Waals surface area (Å²) in [5, 5.41) is 11.8. The Morgan fingerprint density at radius 2 is 1.53 bits per heavy atom. The lowest BCUT2D eigenvalue weighted by Gasteiger charge is -2.38. The molecule has 0 aromatic rings. The summed E-state index contributed by atoms with van der Waals surface area (Å²) in [5.74, 6) is 0. The molecule has 2 aliphatic rings. The third-order valence-corrected chi connectivity index (χ3v) is 2.89. The molecule has 0 saturated heterocycles. The number of hydrogen-bond acceptors (Lipinski definition) is 1. The Morgan fingerprint density at radius 3 is 1.93 bits per heavy atom. The Morgan fingerprint density at radius 1 is 1.07 bits per heavy atom. The van der Waals surface area contributed by atoms with Crippen molar-refractivity contribution in [1.82, 2.24) is 0 Å². The largest absolute Gasteiger partial charge is 0.633 e. The van der Waals surface area contributed by atoms with E-state index in [0.29, 0.717) is 0 Å². The first kappa shape index (κ1) is 10.4. The van der Waals surface area contributed by atoms with E-state index in [1.54, 1.807) is 14.1 Å². The highest BCUT2D eigenvalue weighted by molar-refractivity contribution is 5.50. The Hall–Kier alpha value is -1.12. The average Bonchev–Trinajstić information content (AvgIpc) is 2.38. The Balaban J connectivity index is 2.31. The van der Waals surface area contributed by atoms with Crippen LogP contribution in [0.2, 0.25) is 0 Å². The minimum Gasteiger partial charge on any atom is -0.633 e. The number of fused-ring (bicyclic) bond motifs is 1. The molecule has 0 N–H and O–H groups in total. The molecule has 2 aliphatic carbocycles. The quantitative estimate of drug-likeness (QED) is 0.474. The van der Waals surface area contributed by atoms with Crippen molar-refractivity contribution >= 4 is 0 Å². The minimum absolute atomic E-state index is 0.0719. The van der Waals surface area contributed by atoms with Gasteiger partial charge in [0.05, 0.1) is 14.1 Å². The van der Waals surface area contributed by atoms with E-state index in [-0.39, 0.29) is 10.7 Å². The van der Waals surface area contributed by atoms with Crippen LogP contribution in [0.25, 0.3) is 0 Å². The molecule has 0 bridgehead atoms. The van der Waals surface area contributed by atoms with Crippen LogP contribution in [-0.2, 0) is 0 Å². The van der Waals surface area contributed by atoms with Crippen LogP contribution in [0.15, 0.2) is 47.6 Å². The van der Waals surface area contributed by atoms with Crippen LogP contribution in [-0.4, -0.2) is 24.8 Å². The predicted octanol–water partition coefficient (Wildman–Crippen LogP) is 2.70. The van der Waals surface area contributed by atoms with Crippen LogP contribution in [0.1, 0.15) is 12.8 Å². The first-order chi connectivity index (χ1) is 7.07. The Labute approximate surface area is 91.1 Å². The van der Waals surface area contributed by atoms with Crippen molar-refractivity contribution in [1.29, 1.82) is 0 Å². The van der Waals surface area contributed by atoms with Crippen molar-refractivity contribution in [3.8, 4) is 0 Å². The van der Waals surface area contributed by atoms with Crippen LogP contribution >= 0.6 is 0 Å². The summed E-state index contributed by atoms with van der Waals surface area (Å²) >= 11 is 0. The number of hydroxylamine groups is 3. The van der Waals surface area contributed by atoms with Crippen molar-refractivity contribution in [2.45, 2.75) is 18.9 Å². The molecule has 0 spiro atoms. The molecule has 2 heteroatoms. The molecule has 0 atom stereocenters. The molecule has 0 aliphatic heterocycles. The molecule has 2 nitrogen and oxygen atoms in total. The summed E-state index contributed by atoms with van der Waals surface area (Å²) in [7, 11) is 3.36. The number of hydrogen-bond donors (Lipinski definition) is 0. The van der Waals surface area contributed by atoms with Gasteiger partial charge in [-0.25, -0.2) is 0 Å². The first-order valence-electron chi connectivity index (χ1n) is 5.39. The van der Waals surface area contributed by atoms with Crippen LogP contribution in [0.3, 0.4) is 0 Å². The molecule has 15 heavy (non-hydrogen) atoms. The molecule has 80 valence electrons. The molecule has 0 saturated carbocycles. The van der Waals surface area contributed by atoms with E-state index < -0.39 is 0 Å². The lowest BCUT2D eigenvalue weighted by atomic mass is 9.98. The lowest BCUT2D eigenvalue weighted by Crippen LogP contribution is -2.40. The fourth-order valence-corrected chi connectivity index (χ4v) is 1.93. The third-order valence-electron chi connectivity index (χ3n) is 2.89. The van der Waals surface area contributed by atoms with Crippen molar-refractivity contribution in [2.75, 3.05) is 14.1 Å². The topological polar surface area (TPSA) is 23.1 Å². The summed E-state index contributed by atoms with van der Waals surface area (Å²) in [6, 6.07) is -0.0719. The van der Waals surface area contributed by atoms with Gasteiger partial charge in [0, 0.05) is 0 Å². The van der Waals surface area contributed by atoms with Gasteiger partial charge in [-0.1, -0.05) is 24.3 Å². The van der Waals surface area contributed by atoms with Gasteiger partial charge in [-0.2, -0.15) is 0 Å². The molecular weight excluding hydrogens is 186 g/mol. The molecule has 2 rings (SSSR count). The van der Waals surface area contributed by atoms with Gasteiger partial charge in [0.1, 0.15) is 6.04 Å². The summed E-state index contributed by atoms with van der Waals surface area (Å²) in [5.41, 5.74) is 2.52. The van der Waals surface area contributed by atoms with E-state index in [0.717, 1.165) is 12.8 Å². The molecular formula is C13H17NO. The van der Waals surface area contributed by atoms with E-state index >= 15 is 0 Å². The van der Waals surface area contributed by atoms with Crippen LogP contribution < -0.4 is 0 Å². The van der Waals surface area contributed by atoms with Gasteiger partial charge >= 0.3 is 0 Å². The maximum atomic E-state index is 11.8. The zero-order valence-corrected chi connectivity index (χ0v) is 9.31. The average molecular weight is 203 g/mol. The van der Waals surface area contributed by atoms with Gasteiger partial charge in [-0.15, -0.1) is 0 Å². The molecule has 0 fully saturated rings. The zero-order chi connectivity index (χ0) is 10.9. The van der Waals surface area contributed by atoms with Gasteiger partial charge < -0.3 is 9.85 Å². The van der Waals surface area contributed by atoms with Gasteiger partial charge in [0.2, 0.25) is 0 Å². The highest BCUT2D eigenvalue weighted by atomic mass is 16.5. The molecule has 0 unspecified atom stereocenters. The van der Waals surface area contributed by atoms with E-state index in [2.05, 4.69) is 24.3 Å². The van der Waals surface area contributed by atoms with Crippen LogP contribution in [0.5, 0.6) is 0 Å². The number of nitrogens with zero attached hydrogens (tertiary/aromatic N) is 1. The highest BCUT2D eigenvalue weighted by Gasteiger charge is 2.17. The Bertz CT molecular complexity index is 336. The van der Waals surface area contributed by atoms with E-state index in [9.17, 15) is 5.21 Å². The number of allylic oxidation sites excluding steroid dienone is 6. The summed E-state index contributed by atoms with van der Waals surface area (Å²) in [6.45, 7) is 0. The minimum atomic E-state index is -0.298. The van der Waals surface area contributed by atoms with Crippen LogP contribution in [0.4, 0.5) is 0 Å². The van der Waals surface area contributed by atoms with Gasteiger partial charge in [0.25, 0.3) is 0 Å². The van der Waals surface area contributed by atoms with E-state index in [1.165, 1.54) is 11.1 Å². The molecule has 0 aromatic carbocycles. The van der Waals surface area contributed by atoms with E-state index in [1.807, 2.05) is 12.2 Å². The molecule has 0 aromatic heterocycles. The second-order valence-corrected chi connectivity index (χ2v) is 4.54. The first-order valence-corrected chi connectivity index (χ1v) is 5.39. The van der Waals surface area contributed by atoms with Crippen molar-refractivity contribution in [2.24, 2.45) is 0 Å². The van der Waals surface area contributed by atoms with E-state index in [4.69, 9.17) is 0 Å². The SMILES string of the molecule is C[N+](C)([O-])C1C=CC2=CCCC=C2C=C1.